The van der Waals surface area contributed by atoms with E-state index in [1.165, 1.54) is 36.8 Å². The molecule has 1 amide bonds. The van der Waals surface area contributed by atoms with Crippen LogP contribution in [-0.2, 0) is 9.59 Å². The molecule has 20 heavy (non-hydrogen) atoms. The number of benzene rings is 1. The number of amides is 1. The van der Waals surface area contributed by atoms with E-state index in [1.807, 2.05) is 0 Å². The van der Waals surface area contributed by atoms with Crippen molar-refractivity contribution in [3.8, 4) is 5.75 Å². The third kappa shape index (κ3) is 3.30. The molecule has 108 valence electrons. The molecular formula is C14H16FNO3S. The maximum atomic E-state index is 14.0. The van der Waals surface area contributed by atoms with E-state index >= 15 is 0 Å². The Labute approximate surface area is 121 Å². The van der Waals surface area contributed by atoms with Crippen molar-refractivity contribution in [1.29, 1.82) is 0 Å². The number of carbonyl (C=O) groups is 2. The number of ether oxygens (including phenoxy) is 1. The quantitative estimate of drug-likeness (QED) is 0.856. The molecule has 1 aromatic rings. The standard InChI is InChI=1S/C14H16FNO3S/c1-9(17)20-8-10-5-14(18)16(7-10)13-4-3-11(19-2)6-12(13)15/h3-4,6,10H,5,7-8H2,1-2H3. The fourth-order valence-electron chi connectivity index (χ4n) is 2.19. The Morgan fingerprint density at radius 1 is 1.55 bits per heavy atom. The third-order valence-electron chi connectivity index (χ3n) is 3.17. The summed E-state index contributed by atoms with van der Waals surface area (Å²) < 4.78 is 18.9. The number of anilines is 1. The van der Waals surface area contributed by atoms with Crippen LogP contribution >= 0.6 is 11.8 Å². The summed E-state index contributed by atoms with van der Waals surface area (Å²) in [5, 5.41) is 0.0338. The molecule has 0 N–H and O–H groups in total. The predicted molar refractivity (Wildman–Crippen MR) is 76.6 cm³/mol. The van der Waals surface area contributed by atoms with E-state index in [0.29, 0.717) is 24.5 Å². The average Bonchev–Trinajstić information content (AvgIpc) is 2.77. The minimum absolute atomic E-state index is 0.0338. The van der Waals surface area contributed by atoms with Crippen LogP contribution in [0.4, 0.5) is 10.1 Å². The van der Waals surface area contributed by atoms with Gasteiger partial charge in [-0.3, -0.25) is 9.59 Å². The highest BCUT2D eigenvalue weighted by atomic mass is 32.2. The van der Waals surface area contributed by atoms with Gasteiger partial charge in [-0.25, -0.2) is 4.39 Å². The largest absolute Gasteiger partial charge is 0.497 e. The molecule has 1 aromatic carbocycles. The summed E-state index contributed by atoms with van der Waals surface area (Å²) in [6, 6.07) is 4.44. The lowest BCUT2D eigenvalue weighted by molar-refractivity contribution is -0.117. The van der Waals surface area contributed by atoms with Gasteiger partial charge in [0.1, 0.15) is 5.75 Å². The molecule has 0 aromatic heterocycles. The van der Waals surface area contributed by atoms with Crippen LogP contribution in [0.2, 0.25) is 0 Å². The van der Waals surface area contributed by atoms with Gasteiger partial charge >= 0.3 is 0 Å². The molecule has 4 nitrogen and oxygen atoms in total. The second-order valence-corrected chi connectivity index (χ2v) is 5.89. The Bertz CT molecular complexity index is 535. The van der Waals surface area contributed by atoms with Gasteiger partial charge in [0.2, 0.25) is 5.91 Å². The topological polar surface area (TPSA) is 46.6 Å². The van der Waals surface area contributed by atoms with Crippen molar-refractivity contribution in [3.63, 3.8) is 0 Å². The molecule has 1 atom stereocenters. The molecule has 1 aliphatic heterocycles. The molecule has 6 heteroatoms. The highest BCUT2D eigenvalue weighted by Gasteiger charge is 2.32. The Hall–Kier alpha value is -1.56. The van der Waals surface area contributed by atoms with Crippen molar-refractivity contribution in [2.45, 2.75) is 13.3 Å². The lowest BCUT2D eigenvalue weighted by atomic mass is 10.1. The van der Waals surface area contributed by atoms with Crippen molar-refractivity contribution in [1.82, 2.24) is 0 Å². The first kappa shape index (κ1) is 14.8. The van der Waals surface area contributed by atoms with E-state index in [-0.39, 0.29) is 22.6 Å². The summed E-state index contributed by atoms with van der Waals surface area (Å²) in [6.45, 7) is 1.95. The zero-order chi connectivity index (χ0) is 14.7. The van der Waals surface area contributed by atoms with Gasteiger partial charge in [-0.15, -0.1) is 0 Å². The van der Waals surface area contributed by atoms with Gasteiger partial charge in [0, 0.05) is 31.7 Å². The van der Waals surface area contributed by atoms with Crippen molar-refractivity contribution in [2.24, 2.45) is 5.92 Å². The highest BCUT2D eigenvalue weighted by molar-refractivity contribution is 8.13. The van der Waals surface area contributed by atoms with Crippen molar-refractivity contribution in [2.75, 3.05) is 24.3 Å². The number of rotatable bonds is 4. The Morgan fingerprint density at radius 2 is 2.30 bits per heavy atom. The molecular weight excluding hydrogens is 281 g/mol. The summed E-state index contributed by atoms with van der Waals surface area (Å²) in [5.41, 5.74) is 0.270. The number of halogens is 1. The Morgan fingerprint density at radius 3 is 2.90 bits per heavy atom. The molecule has 0 spiro atoms. The molecule has 1 heterocycles. The van der Waals surface area contributed by atoms with Crippen LogP contribution < -0.4 is 9.64 Å². The zero-order valence-electron chi connectivity index (χ0n) is 11.4. The molecule has 0 radical (unpaired) electrons. The van der Waals surface area contributed by atoms with Gasteiger partial charge in [0.25, 0.3) is 0 Å². The maximum Gasteiger partial charge on any atom is 0.227 e. The van der Waals surface area contributed by atoms with Crippen LogP contribution in [0.1, 0.15) is 13.3 Å². The first-order chi connectivity index (χ1) is 9.51. The van der Waals surface area contributed by atoms with Gasteiger partial charge in [0.05, 0.1) is 12.8 Å². The fourth-order valence-corrected chi connectivity index (χ4v) is 2.89. The monoisotopic (exact) mass is 297 g/mol. The number of nitrogens with zero attached hydrogens (tertiary/aromatic N) is 1. The zero-order valence-corrected chi connectivity index (χ0v) is 12.2. The number of methoxy groups -OCH3 is 1. The summed E-state index contributed by atoms with van der Waals surface area (Å²) in [7, 11) is 1.46. The molecule has 1 unspecified atom stereocenters. The van der Waals surface area contributed by atoms with Gasteiger partial charge in [-0.2, -0.15) is 0 Å². The third-order valence-corrected chi connectivity index (χ3v) is 4.22. The van der Waals surface area contributed by atoms with Gasteiger partial charge in [-0.05, 0) is 18.1 Å². The van der Waals surface area contributed by atoms with Crippen LogP contribution in [-0.4, -0.2) is 30.4 Å². The van der Waals surface area contributed by atoms with Crippen LogP contribution in [0.25, 0.3) is 0 Å². The van der Waals surface area contributed by atoms with Gasteiger partial charge < -0.3 is 9.64 Å². The lowest BCUT2D eigenvalue weighted by Crippen LogP contribution is -2.25. The molecule has 2 rings (SSSR count). The van der Waals surface area contributed by atoms with Crippen molar-refractivity contribution in [3.05, 3.63) is 24.0 Å². The van der Waals surface area contributed by atoms with Crippen molar-refractivity contribution >= 4 is 28.5 Å². The van der Waals surface area contributed by atoms with Gasteiger partial charge in [-0.1, -0.05) is 11.8 Å². The molecule has 0 saturated carbocycles. The summed E-state index contributed by atoms with van der Waals surface area (Å²) in [6.07, 6.45) is 0.353. The molecule has 0 aliphatic carbocycles. The summed E-state index contributed by atoms with van der Waals surface area (Å²) in [5.74, 6) is 0.510. The summed E-state index contributed by atoms with van der Waals surface area (Å²) >= 11 is 1.21. The van der Waals surface area contributed by atoms with Crippen LogP contribution in [0.5, 0.6) is 5.75 Å². The van der Waals surface area contributed by atoms with Gasteiger partial charge in [0.15, 0.2) is 10.9 Å². The van der Waals surface area contributed by atoms with Crippen LogP contribution in [0.3, 0.4) is 0 Å². The number of hydrogen-bond acceptors (Lipinski definition) is 4. The van der Waals surface area contributed by atoms with Crippen LogP contribution in [0, 0.1) is 11.7 Å². The minimum Gasteiger partial charge on any atom is -0.497 e. The maximum absolute atomic E-state index is 14.0. The Kier molecular flexibility index (Phi) is 4.65. The average molecular weight is 297 g/mol. The van der Waals surface area contributed by atoms with E-state index in [9.17, 15) is 14.0 Å². The fraction of sp³-hybridized carbons (Fsp3) is 0.429. The molecule has 1 aliphatic rings. The van der Waals surface area contributed by atoms with Crippen molar-refractivity contribution < 1.29 is 18.7 Å². The van der Waals surface area contributed by atoms with E-state index in [2.05, 4.69) is 0 Å². The first-order valence-electron chi connectivity index (χ1n) is 6.28. The van der Waals surface area contributed by atoms with E-state index < -0.39 is 5.82 Å². The highest BCUT2D eigenvalue weighted by Crippen LogP contribution is 2.30. The molecule has 1 saturated heterocycles. The minimum atomic E-state index is -0.474. The second kappa shape index (κ2) is 6.26. The number of hydrogen-bond donors (Lipinski definition) is 0. The summed E-state index contributed by atoms with van der Waals surface area (Å²) in [4.78, 5) is 24.4. The first-order valence-corrected chi connectivity index (χ1v) is 7.27. The molecule has 0 bridgehead atoms. The normalized spacial score (nSPS) is 18.4. The van der Waals surface area contributed by atoms with E-state index in [0.717, 1.165) is 0 Å². The number of thioether (sulfide) groups is 1. The molecule has 1 fully saturated rings. The van der Waals surface area contributed by atoms with Crippen LogP contribution in [0.15, 0.2) is 18.2 Å². The predicted octanol–water partition coefficient (Wildman–Crippen LogP) is 2.47. The number of carbonyl (C=O) groups excluding carboxylic acids is 2. The second-order valence-electron chi connectivity index (χ2n) is 4.69. The Balaban J connectivity index is 2.09. The lowest BCUT2D eigenvalue weighted by Gasteiger charge is -2.17. The SMILES string of the molecule is COc1ccc(N2CC(CSC(C)=O)CC2=O)c(F)c1. The van der Waals surface area contributed by atoms with E-state index in [1.54, 1.807) is 12.1 Å². The van der Waals surface area contributed by atoms with E-state index in [4.69, 9.17) is 4.74 Å². The smallest absolute Gasteiger partial charge is 0.227 e.